The van der Waals surface area contributed by atoms with E-state index in [1.807, 2.05) is 13.2 Å². The quantitative estimate of drug-likeness (QED) is 0.840. The van der Waals surface area contributed by atoms with Crippen LogP contribution in [0.25, 0.3) is 0 Å². The van der Waals surface area contributed by atoms with Gasteiger partial charge in [-0.05, 0) is 17.7 Å². The van der Waals surface area contributed by atoms with Crippen molar-refractivity contribution in [2.24, 2.45) is 7.05 Å². The predicted molar refractivity (Wildman–Crippen MR) is 71.0 cm³/mol. The highest BCUT2D eigenvalue weighted by Crippen LogP contribution is 2.12. The smallest absolute Gasteiger partial charge is 0.0991 e. The molecule has 1 atom stereocenters. The lowest BCUT2D eigenvalue weighted by molar-refractivity contribution is 0.174. The van der Waals surface area contributed by atoms with Gasteiger partial charge in [0.25, 0.3) is 0 Å². The zero-order chi connectivity index (χ0) is 13.7. The minimum Gasteiger partial charge on any atom is -0.387 e. The fourth-order valence-electron chi connectivity index (χ4n) is 1.81. The summed E-state index contributed by atoms with van der Waals surface area (Å²) in [5, 5.41) is 26.0. The lowest BCUT2D eigenvalue weighted by Crippen LogP contribution is -2.20. The van der Waals surface area contributed by atoms with E-state index in [0.717, 1.165) is 11.1 Å². The zero-order valence-corrected chi connectivity index (χ0v) is 10.7. The Morgan fingerprint density at radius 1 is 1.42 bits per heavy atom. The molecule has 2 rings (SSSR count). The molecule has 5 nitrogen and oxygen atoms in total. The van der Waals surface area contributed by atoms with Gasteiger partial charge in [0.05, 0.1) is 23.9 Å². The van der Waals surface area contributed by atoms with Gasteiger partial charge in [-0.2, -0.15) is 10.4 Å². The molecule has 0 aliphatic heterocycles. The molecule has 1 aromatic carbocycles. The third-order valence-corrected chi connectivity index (χ3v) is 2.85. The first-order valence-electron chi connectivity index (χ1n) is 6.05. The topological polar surface area (TPSA) is 73.9 Å². The number of aryl methyl sites for hydroxylation is 1. The highest BCUT2D eigenvalue weighted by Gasteiger charge is 2.07. The summed E-state index contributed by atoms with van der Waals surface area (Å²) in [6, 6.07) is 9.02. The van der Waals surface area contributed by atoms with Gasteiger partial charge in [0, 0.05) is 31.9 Å². The van der Waals surface area contributed by atoms with Crippen LogP contribution in [0.2, 0.25) is 0 Å². The summed E-state index contributed by atoms with van der Waals surface area (Å²) in [6.07, 6.45) is 3.15. The SMILES string of the molecule is Cn1cc(CNCC(O)c2ccc(C#N)cc2)cn1. The number of benzene rings is 1. The molecule has 0 saturated carbocycles. The van der Waals surface area contributed by atoms with E-state index >= 15 is 0 Å². The average Bonchev–Trinajstić information content (AvgIpc) is 2.84. The molecule has 0 aliphatic carbocycles. The third kappa shape index (κ3) is 3.65. The summed E-state index contributed by atoms with van der Waals surface area (Å²) in [4.78, 5) is 0. The summed E-state index contributed by atoms with van der Waals surface area (Å²) in [6.45, 7) is 1.13. The monoisotopic (exact) mass is 256 g/mol. The second kappa shape index (κ2) is 6.14. The van der Waals surface area contributed by atoms with Gasteiger partial charge in [0.15, 0.2) is 0 Å². The summed E-state index contributed by atoms with van der Waals surface area (Å²) < 4.78 is 1.74. The van der Waals surface area contributed by atoms with Crippen LogP contribution in [0.15, 0.2) is 36.7 Å². The van der Waals surface area contributed by atoms with Gasteiger partial charge in [0.2, 0.25) is 0 Å². The van der Waals surface area contributed by atoms with E-state index < -0.39 is 6.10 Å². The van der Waals surface area contributed by atoms with Crippen LogP contribution < -0.4 is 5.32 Å². The van der Waals surface area contributed by atoms with E-state index in [4.69, 9.17) is 5.26 Å². The van der Waals surface area contributed by atoms with Gasteiger partial charge in [0.1, 0.15) is 0 Å². The van der Waals surface area contributed by atoms with E-state index in [2.05, 4.69) is 16.5 Å². The Labute approximate surface area is 112 Å². The van der Waals surface area contributed by atoms with Crippen molar-refractivity contribution in [3.05, 3.63) is 53.3 Å². The molecule has 2 N–H and O–H groups in total. The fraction of sp³-hybridized carbons (Fsp3) is 0.286. The standard InChI is InChI=1S/C14H16N4O/c1-18-10-12(8-17-18)7-16-9-14(19)13-4-2-11(6-15)3-5-13/h2-5,8,10,14,16,19H,7,9H2,1H3. The van der Waals surface area contributed by atoms with Crippen molar-refractivity contribution in [3.8, 4) is 6.07 Å². The van der Waals surface area contributed by atoms with Gasteiger partial charge in [-0.15, -0.1) is 0 Å². The van der Waals surface area contributed by atoms with Gasteiger partial charge >= 0.3 is 0 Å². The average molecular weight is 256 g/mol. The van der Waals surface area contributed by atoms with Gasteiger partial charge in [-0.3, -0.25) is 4.68 Å². The summed E-state index contributed by atoms with van der Waals surface area (Å²) >= 11 is 0. The largest absolute Gasteiger partial charge is 0.387 e. The molecule has 0 saturated heterocycles. The maximum absolute atomic E-state index is 10.0. The number of hydrogen-bond acceptors (Lipinski definition) is 4. The van der Waals surface area contributed by atoms with Crippen LogP contribution in [0, 0.1) is 11.3 Å². The van der Waals surface area contributed by atoms with Crippen molar-refractivity contribution in [2.75, 3.05) is 6.54 Å². The predicted octanol–water partition coefficient (Wildman–Crippen LogP) is 1.11. The van der Waals surface area contributed by atoms with Gasteiger partial charge < -0.3 is 10.4 Å². The maximum Gasteiger partial charge on any atom is 0.0991 e. The second-order valence-corrected chi connectivity index (χ2v) is 4.40. The molecule has 5 heteroatoms. The molecule has 1 aromatic heterocycles. The number of aliphatic hydroxyl groups is 1. The molecule has 1 unspecified atom stereocenters. The Balaban J connectivity index is 1.83. The van der Waals surface area contributed by atoms with Crippen LogP contribution in [-0.4, -0.2) is 21.4 Å². The first-order valence-corrected chi connectivity index (χ1v) is 6.05. The van der Waals surface area contributed by atoms with Crippen molar-refractivity contribution in [2.45, 2.75) is 12.6 Å². The van der Waals surface area contributed by atoms with E-state index in [-0.39, 0.29) is 0 Å². The Morgan fingerprint density at radius 2 is 2.16 bits per heavy atom. The summed E-state index contributed by atoms with van der Waals surface area (Å²) in [5.41, 5.74) is 2.48. The molecular weight excluding hydrogens is 240 g/mol. The van der Waals surface area contributed by atoms with Crippen LogP contribution in [-0.2, 0) is 13.6 Å². The second-order valence-electron chi connectivity index (χ2n) is 4.40. The molecule has 0 amide bonds. The molecule has 2 aromatic rings. The van der Waals surface area contributed by atoms with E-state index in [9.17, 15) is 5.11 Å². The number of nitriles is 1. The van der Waals surface area contributed by atoms with Gasteiger partial charge in [-0.1, -0.05) is 12.1 Å². The highest BCUT2D eigenvalue weighted by atomic mass is 16.3. The lowest BCUT2D eigenvalue weighted by Gasteiger charge is -2.11. The van der Waals surface area contributed by atoms with Crippen molar-refractivity contribution in [1.82, 2.24) is 15.1 Å². The number of hydrogen-bond donors (Lipinski definition) is 2. The zero-order valence-electron chi connectivity index (χ0n) is 10.7. The Morgan fingerprint density at radius 3 is 2.74 bits per heavy atom. The van der Waals surface area contributed by atoms with Crippen molar-refractivity contribution in [1.29, 1.82) is 5.26 Å². The molecule has 0 radical (unpaired) electrons. The van der Waals surface area contributed by atoms with Crippen LogP contribution in [0.5, 0.6) is 0 Å². The van der Waals surface area contributed by atoms with Crippen molar-refractivity contribution in [3.63, 3.8) is 0 Å². The van der Waals surface area contributed by atoms with E-state index in [0.29, 0.717) is 18.7 Å². The molecule has 98 valence electrons. The lowest BCUT2D eigenvalue weighted by atomic mass is 10.1. The van der Waals surface area contributed by atoms with Gasteiger partial charge in [-0.25, -0.2) is 0 Å². The Hall–Kier alpha value is -2.16. The number of aromatic nitrogens is 2. The summed E-state index contributed by atoms with van der Waals surface area (Å²) in [7, 11) is 1.87. The maximum atomic E-state index is 10.0. The molecule has 0 fully saturated rings. The molecule has 0 aliphatic rings. The van der Waals surface area contributed by atoms with Crippen molar-refractivity contribution < 1.29 is 5.11 Å². The molecule has 19 heavy (non-hydrogen) atoms. The van der Waals surface area contributed by atoms with Crippen molar-refractivity contribution >= 4 is 0 Å². The number of rotatable bonds is 5. The fourth-order valence-corrected chi connectivity index (χ4v) is 1.81. The summed E-state index contributed by atoms with van der Waals surface area (Å²) in [5.74, 6) is 0. The highest BCUT2D eigenvalue weighted by molar-refractivity contribution is 5.32. The van der Waals surface area contributed by atoms with Crippen LogP contribution in [0.1, 0.15) is 22.8 Å². The third-order valence-electron chi connectivity index (χ3n) is 2.85. The van der Waals surface area contributed by atoms with Crippen LogP contribution >= 0.6 is 0 Å². The first-order chi connectivity index (χ1) is 9.19. The van der Waals surface area contributed by atoms with Crippen LogP contribution in [0.3, 0.4) is 0 Å². The minimum atomic E-state index is -0.579. The number of nitrogens with one attached hydrogen (secondary N) is 1. The Bertz CT molecular complexity index is 568. The number of aliphatic hydroxyl groups excluding tert-OH is 1. The molecule has 0 bridgehead atoms. The Kier molecular flexibility index (Phi) is 4.29. The molecule has 1 heterocycles. The first kappa shape index (κ1) is 13.3. The number of nitrogens with zero attached hydrogens (tertiary/aromatic N) is 3. The van der Waals surface area contributed by atoms with E-state index in [1.54, 1.807) is 35.1 Å². The van der Waals surface area contributed by atoms with Crippen LogP contribution in [0.4, 0.5) is 0 Å². The molecule has 0 spiro atoms. The van der Waals surface area contributed by atoms with E-state index in [1.165, 1.54) is 0 Å². The normalized spacial score (nSPS) is 12.1. The minimum absolute atomic E-state index is 0.459. The molecular formula is C14H16N4O.